The van der Waals surface area contributed by atoms with E-state index in [1.54, 1.807) is 0 Å². The molecule has 0 aromatic heterocycles. The number of hydrogen-bond acceptors (Lipinski definition) is 5. The van der Waals surface area contributed by atoms with E-state index in [9.17, 15) is 4.79 Å². The monoisotopic (exact) mass is 695 g/mol. The number of benzene rings is 5. The highest BCUT2D eigenvalue weighted by molar-refractivity contribution is 6.13. The number of carbonyl (C=O) groups is 1. The zero-order valence-corrected chi connectivity index (χ0v) is 31.9. The molecule has 0 saturated carbocycles. The molecule has 5 rings (SSSR count). The Hall–Kier alpha value is -4.90. The summed E-state index contributed by atoms with van der Waals surface area (Å²) < 4.78 is 0. The summed E-state index contributed by atoms with van der Waals surface area (Å²) in [6, 6.07) is 42.6. The van der Waals surface area contributed by atoms with Gasteiger partial charge >= 0.3 is 5.97 Å². The van der Waals surface area contributed by atoms with Crippen molar-refractivity contribution in [1.29, 1.82) is 0 Å². The van der Waals surface area contributed by atoms with Crippen molar-refractivity contribution in [2.75, 3.05) is 22.9 Å². The first-order valence-corrected chi connectivity index (χ1v) is 19.5. The minimum Gasteiger partial charge on any atom is -0.371 e. The summed E-state index contributed by atoms with van der Waals surface area (Å²) in [5.41, 5.74) is 6.90. The molecule has 0 fully saturated rings. The lowest BCUT2D eigenvalue weighted by Crippen LogP contribution is -2.31. The second-order valence-corrected chi connectivity index (χ2v) is 14.0. The Labute approximate surface area is 312 Å². The van der Waals surface area contributed by atoms with Crippen molar-refractivity contribution in [1.82, 2.24) is 0 Å². The molecule has 5 nitrogen and oxygen atoms in total. The topological polar surface area (TPSA) is 45.1 Å². The van der Waals surface area contributed by atoms with Crippen LogP contribution in [0, 0.1) is 11.8 Å². The second kappa shape index (κ2) is 19.6. The molecule has 0 heterocycles. The second-order valence-electron chi connectivity index (χ2n) is 14.0. The van der Waals surface area contributed by atoms with Crippen LogP contribution in [0.5, 0.6) is 0 Å². The third kappa shape index (κ3) is 10.1. The fourth-order valence-corrected chi connectivity index (χ4v) is 7.26. The number of nitrogens with zero attached hydrogens (tertiary/aromatic N) is 3. The molecule has 0 bridgehead atoms. The molecule has 272 valence electrons. The minimum atomic E-state index is -0.452. The van der Waals surface area contributed by atoms with Crippen LogP contribution in [0.4, 0.5) is 22.7 Å². The molecule has 0 amide bonds. The Morgan fingerprint density at radius 2 is 1.33 bits per heavy atom. The third-order valence-corrected chi connectivity index (χ3v) is 10.3. The average molecular weight is 696 g/mol. The van der Waals surface area contributed by atoms with Crippen LogP contribution in [-0.4, -0.2) is 24.8 Å². The number of unbranched alkanes of at least 4 members (excludes halogenated alkanes) is 1. The fourth-order valence-electron chi connectivity index (χ4n) is 7.26. The standard InChI is InChI=1S/C47H57N3O2/c1-6-10-19-38(9-4)35-49(33-32-37(8-3)18-7-2)43-24-17-25-44(34-43)50(46-27-16-23-39-20-14-15-26-45(39)46)42-30-28-41(29-31-42)47(48-52-36(5)51)40-21-12-11-13-22-40/h11-17,20-31,34,37-38H,6-10,18-19,32-33,35H2,1-5H3/b48-47-. The predicted molar refractivity (Wildman–Crippen MR) is 221 cm³/mol. The number of hydrogen-bond donors (Lipinski definition) is 0. The largest absolute Gasteiger partial charge is 0.371 e. The summed E-state index contributed by atoms with van der Waals surface area (Å²) in [4.78, 5) is 22.0. The first-order chi connectivity index (χ1) is 25.4. The highest BCUT2D eigenvalue weighted by atomic mass is 16.7. The van der Waals surface area contributed by atoms with Crippen molar-refractivity contribution >= 4 is 45.2 Å². The predicted octanol–water partition coefficient (Wildman–Crippen LogP) is 12.9. The van der Waals surface area contributed by atoms with Crippen LogP contribution in [0.25, 0.3) is 10.8 Å². The normalized spacial score (nSPS) is 12.8. The van der Waals surface area contributed by atoms with E-state index in [0.717, 1.165) is 47.2 Å². The molecule has 5 heteroatoms. The molecule has 0 spiro atoms. The average Bonchev–Trinajstić information content (AvgIpc) is 3.18. The zero-order chi connectivity index (χ0) is 36.7. The van der Waals surface area contributed by atoms with Crippen molar-refractivity contribution in [2.24, 2.45) is 17.0 Å². The lowest BCUT2D eigenvalue weighted by atomic mass is 9.95. The molecular formula is C47H57N3O2. The number of fused-ring (bicyclic) bond motifs is 1. The van der Waals surface area contributed by atoms with Gasteiger partial charge in [-0.05, 0) is 66.5 Å². The van der Waals surface area contributed by atoms with Gasteiger partial charge in [0.05, 0.1) is 5.69 Å². The molecule has 0 saturated heterocycles. The van der Waals surface area contributed by atoms with Crippen LogP contribution in [-0.2, 0) is 9.63 Å². The Morgan fingerprint density at radius 1 is 0.654 bits per heavy atom. The maximum atomic E-state index is 11.8. The minimum absolute atomic E-state index is 0.452. The molecule has 5 aromatic rings. The van der Waals surface area contributed by atoms with Crippen molar-refractivity contribution in [2.45, 2.75) is 86.0 Å². The number of carbonyl (C=O) groups excluding carboxylic acids is 1. The maximum Gasteiger partial charge on any atom is 0.332 e. The van der Waals surface area contributed by atoms with Gasteiger partial charge in [0.25, 0.3) is 0 Å². The molecular weight excluding hydrogens is 639 g/mol. The summed E-state index contributed by atoms with van der Waals surface area (Å²) in [6.45, 7) is 12.8. The summed E-state index contributed by atoms with van der Waals surface area (Å²) in [7, 11) is 0. The zero-order valence-electron chi connectivity index (χ0n) is 31.9. The number of oxime groups is 1. The van der Waals surface area contributed by atoms with Gasteiger partial charge < -0.3 is 14.6 Å². The number of anilines is 4. The van der Waals surface area contributed by atoms with E-state index >= 15 is 0 Å². The van der Waals surface area contributed by atoms with Crippen molar-refractivity contribution in [3.05, 3.63) is 132 Å². The first-order valence-electron chi connectivity index (χ1n) is 19.5. The molecule has 2 atom stereocenters. The highest BCUT2D eigenvalue weighted by Crippen LogP contribution is 2.40. The van der Waals surface area contributed by atoms with Gasteiger partial charge in [0.2, 0.25) is 0 Å². The van der Waals surface area contributed by atoms with Crippen LogP contribution in [0.2, 0.25) is 0 Å². The smallest absolute Gasteiger partial charge is 0.332 e. The SMILES string of the molecule is CCCCC(CC)CN(CCC(CC)CCC)c1cccc(N(c2ccc(/C(=N\OC(C)=O)c3ccccc3)cc2)c2cccc3ccccc23)c1. The van der Waals surface area contributed by atoms with Gasteiger partial charge in [0, 0.05) is 53.6 Å². The van der Waals surface area contributed by atoms with Crippen LogP contribution >= 0.6 is 0 Å². The molecule has 0 aliphatic rings. The van der Waals surface area contributed by atoms with Crippen LogP contribution in [0.3, 0.4) is 0 Å². The molecule has 5 aromatic carbocycles. The van der Waals surface area contributed by atoms with Crippen molar-refractivity contribution in [3.63, 3.8) is 0 Å². The molecule has 0 N–H and O–H groups in total. The van der Waals surface area contributed by atoms with Gasteiger partial charge in [-0.1, -0.05) is 156 Å². The molecule has 0 aliphatic heterocycles. The van der Waals surface area contributed by atoms with Gasteiger partial charge in [-0.2, -0.15) is 0 Å². The van der Waals surface area contributed by atoms with Crippen LogP contribution in [0.1, 0.15) is 97.1 Å². The van der Waals surface area contributed by atoms with Crippen molar-refractivity contribution in [3.8, 4) is 0 Å². The summed E-state index contributed by atoms with van der Waals surface area (Å²) in [5, 5.41) is 6.66. The van der Waals surface area contributed by atoms with E-state index in [4.69, 9.17) is 4.84 Å². The third-order valence-electron chi connectivity index (χ3n) is 10.3. The fraction of sp³-hybridized carbons (Fsp3) is 0.362. The molecule has 0 radical (unpaired) electrons. The Morgan fingerprint density at radius 3 is 2.04 bits per heavy atom. The molecule has 2 unspecified atom stereocenters. The number of rotatable bonds is 19. The Balaban J connectivity index is 1.59. The molecule has 0 aliphatic carbocycles. The van der Waals surface area contributed by atoms with E-state index in [1.807, 2.05) is 30.3 Å². The van der Waals surface area contributed by atoms with E-state index in [0.29, 0.717) is 11.6 Å². The maximum absolute atomic E-state index is 11.8. The first kappa shape index (κ1) is 38.3. The van der Waals surface area contributed by atoms with Crippen molar-refractivity contribution < 1.29 is 9.63 Å². The summed E-state index contributed by atoms with van der Waals surface area (Å²) in [5.74, 6) is 0.971. The lowest BCUT2D eigenvalue weighted by Gasteiger charge is -2.32. The van der Waals surface area contributed by atoms with Gasteiger partial charge in [0.15, 0.2) is 0 Å². The van der Waals surface area contributed by atoms with E-state index in [1.165, 1.54) is 74.8 Å². The van der Waals surface area contributed by atoms with E-state index in [-0.39, 0.29) is 0 Å². The molecule has 52 heavy (non-hydrogen) atoms. The quantitative estimate of drug-likeness (QED) is 0.0490. The van der Waals surface area contributed by atoms with E-state index < -0.39 is 5.97 Å². The van der Waals surface area contributed by atoms with Gasteiger partial charge in [0.1, 0.15) is 5.71 Å². The van der Waals surface area contributed by atoms with Gasteiger partial charge in [-0.15, -0.1) is 0 Å². The van der Waals surface area contributed by atoms with E-state index in [2.05, 4.69) is 134 Å². The highest BCUT2D eigenvalue weighted by Gasteiger charge is 2.20. The van der Waals surface area contributed by atoms with Crippen LogP contribution < -0.4 is 9.80 Å². The van der Waals surface area contributed by atoms with Gasteiger partial charge in [-0.25, -0.2) is 4.79 Å². The lowest BCUT2D eigenvalue weighted by molar-refractivity contribution is -0.140. The summed E-state index contributed by atoms with van der Waals surface area (Å²) >= 11 is 0. The summed E-state index contributed by atoms with van der Waals surface area (Å²) in [6.07, 6.45) is 9.97. The van der Waals surface area contributed by atoms with Gasteiger partial charge in [-0.3, -0.25) is 0 Å². The van der Waals surface area contributed by atoms with Crippen LogP contribution in [0.15, 0.2) is 126 Å². The Kier molecular flexibility index (Phi) is 14.5. The Bertz CT molecular complexity index is 1860.